The highest BCUT2D eigenvalue weighted by Crippen LogP contribution is 2.42. The number of hydrogen-bond acceptors (Lipinski definition) is 7. The number of anilines is 1. The van der Waals surface area contributed by atoms with E-state index in [-0.39, 0.29) is 17.6 Å². The first-order valence-corrected chi connectivity index (χ1v) is 15.5. The molecule has 2 aromatic carbocycles. The SMILES string of the molecule is C=C(F)C(=O)N1CCC2[C@H]1CN2c1nc(OCC23CCCN2CCC3)nc2nc(-c3cccc4cccc(Cl)c34)ccc12. The Bertz CT molecular complexity index is 1780. The van der Waals surface area contributed by atoms with Crippen LogP contribution in [0.15, 0.2) is 60.9 Å². The summed E-state index contributed by atoms with van der Waals surface area (Å²) in [6.45, 7) is 7.03. The van der Waals surface area contributed by atoms with Gasteiger partial charge < -0.3 is 14.5 Å². The van der Waals surface area contributed by atoms with Gasteiger partial charge in [-0.3, -0.25) is 9.69 Å². The molecule has 4 aliphatic rings. The van der Waals surface area contributed by atoms with Crippen molar-refractivity contribution < 1.29 is 13.9 Å². The molecule has 1 amide bonds. The number of carbonyl (C=O) groups is 1. The summed E-state index contributed by atoms with van der Waals surface area (Å²) in [6.07, 6.45) is 5.34. The molecule has 0 saturated carbocycles. The van der Waals surface area contributed by atoms with E-state index in [2.05, 4.69) is 16.4 Å². The summed E-state index contributed by atoms with van der Waals surface area (Å²) in [5.41, 5.74) is 2.29. The van der Waals surface area contributed by atoms with Gasteiger partial charge in [0.1, 0.15) is 12.4 Å². The molecule has 2 aromatic heterocycles. The number of halogens is 2. The molecule has 6 heterocycles. The summed E-state index contributed by atoms with van der Waals surface area (Å²) >= 11 is 6.66. The van der Waals surface area contributed by atoms with E-state index in [4.69, 9.17) is 31.3 Å². The second kappa shape index (κ2) is 10.1. The number of benzene rings is 2. The van der Waals surface area contributed by atoms with E-state index in [0.29, 0.717) is 36.4 Å². The quantitative estimate of drug-likeness (QED) is 0.261. The number of pyridine rings is 1. The molecule has 4 aromatic rings. The van der Waals surface area contributed by atoms with E-state index in [1.807, 2.05) is 48.5 Å². The Labute approximate surface area is 254 Å². The molecule has 2 atom stereocenters. The van der Waals surface area contributed by atoms with Crippen molar-refractivity contribution in [3.05, 3.63) is 66.0 Å². The molecule has 0 aliphatic carbocycles. The lowest BCUT2D eigenvalue weighted by molar-refractivity contribution is -0.130. The molecular weight excluding hydrogens is 567 g/mol. The molecule has 0 radical (unpaired) electrons. The highest BCUT2D eigenvalue weighted by molar-refractivity contribution is 6.36. The van der Waals surface area contributed by atoms with Crippen molar-refractivity contribution in [3.63, 3.8) is 0 Å². The minimum absolute atomic E-state index is 0.0320. The van der Waals surface area contributed by atoms with Gasteiger partial charge in [-0.2, -0.15) is 9.97 Å². The Kier molecular flexibility index (Phi) is 6.31. The van der Waals surface area contributed by atoms with Crippen LogP contribution in [-0.2, 0) is 4.79 Å². The van der Waals surface area contributed by atoms with Crippen LogP contribution in [0.2, 0.25) is 5.02 Å². The number of amides is 1. The van der Waals surface area contributed by atoms with Gasteiger partial charge in [0.15, 0.2) is 11.5 Å². The van der Waals surface area contributed by atoms with E-state index in [9.17, 15) is 9.18 Å². The summed E-state index contributed by atoms with van der Waals surface area (Å²) in [5.74, 6) is -0.808. The fourth-order valence-electron chi connectivity index (χ4n) is 7.85. The fourth-order valence-corrected chi connectivity index (χ4v) is 8.13. The van der Waals surface area contributed by atoms with Gasteiger partial charge >= 0.3 is 6.01 Å². The third-order valence-corrected chi connectivity index (χ3v) is 10.3. The monoisotopic (exact) mass is 598 g/mol. The molecule has 8 rings (SSSR count). The van der Waals surface area contributed by atoms with Crippen LogP contribution in [0, 0.1) is 0 Å². The summed E-state index contributed by atoms with van der Waals surface area (Å²) in [6, 6.07) is 16.2. The molecular formula is C33H32ClFN6O2. The van der Waals surface area contributed by atoms with Crippen molar-refractivity contribution in [2.75, 3.05) is 37.7 Å². The molecule has 220 valence electrons. The van der Waals surface area contributed by atoms with Crippen LogP contribution in [0.4, 0.5) is 10.2 Å². The van der Waals surface area contributed by atoms with Gasteiger partial charge in [0.25, 0.3) is 5.91 Å². The molecule has 4 saturated heterocycles. The van der Waals surface area contributed by atoms with E-state index in [1.165, 1.54) is 12.8 Å². The topological polar surface area (TPSA) is 74.7 Å². The number of aromatic nitrogens is 3. The first-order valence-electron chi connectivity index (χ1n) is 15.1. The zero-order valence-corrected chi connectivity index (χ0v) is 24.6. The van der Waals surface area contributed by atoms with E-state index < -0.39 is 11.7 Å². The van der Waals surface area contributed by atoms with E-state index in [0.717, 1.165) is 65.6 Å². The van der Waals surface area contributed by atoms with Gasteiger partial charge in [-0.25, -0.2) is 9.37 Å². The Morgan fingerprint density at radius 3 is 2.60 bits per heavy atom. The number of carbonyl (C=O) groups excluding carboxylic acids is 1. The molecule has 0 bridgehead atoms. The van der Waals surface area contributed by atoms with Gasteiger partial charge in [0, 0.05) is 29.1 Å². The van der Waals surface area contributed by atoms with Crippen LogP contribution < -0.4 is 9.64 Å². The number of ether oxygens (including phenoxy) is 1. The van der Waals surface area contributed by atoms with Crippen molar-refractivity contribution in [2.24, 2.45) is 0 Å². The zero-order valence-electron chi connectivity index (χ0n) is 23.8. The largest absolute Gasteiger partial charge is 0.461 e. The highest BCUT2D eigenvalue weighted by Gasteiger charge is 2.50. The van der Waals surface area contributed by atoms with Crippen molar-refractivity contribution in [3.8, 4) is 17.3 Å². The number of likely N-dealkylation sites (tertiary alicyclic amines) is 1. The Morgan fingerprint density at radius 2 is 1.81 bits per heavy atom. The molecule has 43 heavy (non-hydrogen) atoms. The first kappa shape index (κ1) is 26.8. The lowest BCUT2D eigenvalue weighted by Crippen LogP contribution is -2.63. The molecule has 4 aliphatic heterocycles. The smallest absolute Gasteiger partial charge is 0.320 e. The first-order chi connectivity index (χ1) is 20.9. The maximum atomic E-state index is 13.7. The van der Waals surface area contributed by atoms with Gasteiger partial charge in [0.05, 0.1) is 28.7 Å². The lowest BCUT2D eigenvalue weighted by Gasteiger charge is -2.47. The molecule has 0 spiro atoms. The fraction of sp³-hybridized carbons (Fsp3) is 0.394. The average molecular weight is 599 g/mol. The van der Waals surface area contributed by atoms with E-state index >= 15 is 0 Å². The van der Waals surface area contributed by atoms with Crippen molar-refractivity contribution >= 4 is 45.1 Å². The standard InChI is InChI=1S/C33H32ClFN6O2/c1-20(35)31(42)40-17-12-26-27(40)18-41(26)30-23-10-11-25(22-8-2-6-21-7-3-9-24(34)28(21)22)36-29(23)37-32(38-30)43-19-33-13-4-15-39(33)16-5-14-33/h2-3,6-11,26-27H,1,4-5,12-19H2/t26?,27-/m1/s1. The number of rotatable bonds is 6. The number of hydrogen-bond donors (Lipinski definition) is 0. The summed E-state index contributed by atoms with van der Waals surface area (Å²) < 4.78 is 20.1. The maximum absolute atomic E-state index is 13.7. The third kappa shape index (κ3) is 4.27. The minimum Gasteiger partial charge on any atom is -0.461 e. The van der Waals surface area contributed by atoms with Crippen LogP contribution in [0.3, 0.4) is 0 Å². The van der Waals surface area contributed by atoms with Gasteiger partial charge in [0.2, 0.25) is 0 Å². The van der Waals surface area contributed by atoms with Gasteiger partial charge in [-0.15, -0.1) is 0 Å². The minimum atomic E-state index is -0.917. The predicted octanol–water partition coefficient (Wildman–Crippen LogP) is 5.78. The predicted molar refractivity (Wildman–Crippen MR) is 165 cm³/mol. The average Bonchev–Trinajstić information content (AvgIpc) is 3.68. The van der Waals surface area contributed by atoms with E-state index in [1.54, 1.807) is 4.90 Å². The van der Waals surface area contributed by atoms with Crippen LogP contribution in [0.25, 0.3) is 33.1 Å². The number of nitrogens with zero attached hydrogens (tertiary/aromatic N) is 6. The van der Waals surface area contributed by atoms with Crippen LogP contribution in [-0.4, -0.2) is 81.1 Å². The van der Waals surface area contributed by atoms with Crippen molar-refractivity contribution in [1.82, 2.24) is 24.8 Å². The van der Waals surface area contributed by atoms with Gasteiger partial charge in [-0.1, -0.05) is 48.5 Å². The second-order valence-electron chi connectivity index (χ2n) is 12.2. The Balaban J connectivity index is 1.19. The van der Waals surface area contributed by atoms with Crippen LogP contribution >= 0.6 is 11.6 Å². The van der Waals surface area contributed by atoms with Gasteiger partial charge in [-0.05, 0) is 68.8 Å². The summed E-state index contributed by atoms with van der Waals surface area (Å²) in [7, 11) is 0. The Hall–Kier alpha value is -3.82. The van der Waals surface area contributed by atoms with Crippen molar-refractivity contribution in [2.45, 2.75) is 49.7 Å². The molecule has 1 unspecified atom stereocenters. The zero-order chi connectivity index (χ0) is 29.3. The normalized spacial score (nSPS) is 22.6. The summed E-state index contributed by atoms with van der Waals surface area (Å²) in [4.78, 5) is 33.6. The maximum Gasteiger partial charge on any atom is 0.320 e. The number of fused-ring (bicyclic) bond motifs is 4. The van der Waals surface area contributed by atoms with Crippen molar-refractivity contribution in [1.29, 1.82) is 0 Å². The highest BCUT2D eigenvalue weighted by atomic mass is 35.5. The third-order valence-electron chi connectivity index (χ3n) is 9.99. The summed E-state index contributed by atoms with van der Waals surface area (Å²) in [5, 5.41) is 3.46. The van der Waals surface area contributed by atoms with Crippen LogP contribution in [0.5, 0.6) is 6.01 Å². The Morgan fingerprint density at radius 1 is 1.02 bits per heavy atom. The molecule has 0 N–H and O–H groups in total. The second-order valence-corrected chi connectivity index (χ2v) is 12.6. The lowest BCUT2D eigenvalue weighted by atomic mass is 9.95. The molecule has 10 heteroatoms. The molecule has 4 fully saturated rings. The van der Waals surface area contributed by atoms with Crippen LogP contribution in [0.1, 0.15) is 32.1 Å². The molecule has 8 nitrogen and oxygen atoms in total.